The Balaban J connectivity index is 2.42. The molecular weight excluding hydrogens is 392 g/mol. The Kier molecular flexibility index (Phi) is 4.26. The lowest BCUT2D eigenvalue weighted by Gasteiger charge is -2.11. The van der Waals surface area contributed by atoms with Gasteiger partial charge in [-0.15, -0.1) is 11.3 Å². The van der Waals surface area contributed by atoms with Gasteiger partial charge in [-0.25, -0.2) is 4.39 Å². The predicted molar refractivity (Wildman–Crippen MR) is 77.2 cm³/mol. The van der Waals surface area contributed by atoms with Crippen molar-refractivity contribution in [2.75, 3.05) is 0 Å². The van der Waals surface area contributed by atoms with E-state index in [2.05, 4.69) is 31.9 Å². The second-order valence-electron chi connectivity index (χ2n) is 3.41. The van der Waals surface area contributed by atoms with E-state index in [0.29, 0.717) is 9.90 Å². The molecule has 0 fully saturated rings. The smallest absolute Gasteiger partial charge is 0.128 e. The number of halogens is 4. The Morgan fingerprint density at radius 1 is 1.29 bits per heavy atom. The molecule has 0 aliphatic heterocycles. The fourth-order valence-corrected chi connectivity index (χ4v) is 3.56. The van der Waals surface area contributed by atoms with Crippen molar-refractivity contribution >= 4 is 54.8 Å². The third kappa shape index (κ3) is 2.90. The lowest BCUT2D eigenvalue weighted by molar-refractivity contribution is 0.600. The molecule has 2 aromatic rings. The lowest BCUT2D eigenvalue weighted by atomic mass is 10.1. The van der Waals surface area contributed by atoms with Gasteiger partial charge in [-0.2, -0.15) is 0 Å². The van der Waals surface area contributed by atoms with Gasteiger partial charge < -0.3 is 5.73 Å². The second-order valence-corrected chi connectivity index (χ2v) is 6.87. The molecule has 0 aliphatic carbocycles. The first-order valence-electron chi connectivity index (χ1n) is 4.64. The summed E-state index contributed by atoms with van der Waals surface area (Å²) in [6.07, 6.45) is 0. The second kappa shape index (κ2) is 5.36. The van der Waals surface area contributed by atoms with E-state index in [0.717, 1.165) is 13.8 Å². The summed E-state index contributed by atoms with van der Waals surface area (Å²) in [6, 6.07) is 6.02. The maximum atomic E-state index is 13.7. The van der Waals surface area contributed by atoms with Gasteiger partial charge in [0.25, 0.3) is 0 Å². The summed E-state index contributed by atoms with van der Waals surface area (Å²) in [5.74, 6) is -0.318. The largest absolute Gasteiger partial charge is 0.320 e. The van der Waals surface area contributed by atoms with Crippen LogP contribution in [0.25, 0.3) is 0 Å². The molecule has 2 rings (SSSR count). The summed E-state index contributed by atoms with van der Waals surface area (Å²) in [6.45, 7) is 0. The van der Waals surface area contributed by atoms with Gasteiger partial charge >= 0.3 is 0 Å². The van der Waals surface area contributed by atoms with E-state index >= 15 is 0 Å². The number of hydrogen-bond donors (Lipinski definition) is 1. The molecule has 0 bridgehead atoms. The Labute approximate surface area is 124 Å². The van der Waals surface area contributed by atoms with E-state index in [1.807, 2.05) is 6.07 Å². The third-order valence-electron chi connectivity index (χ3n) is 2.26. The highest BCUT2D eigenvalue weighted by molar-refractivity contribution is 9.10. The Hall–Kier alpha value is 0.0600. The fourth-order valence-electron chi connectivity index (χ4n) is 1.42. The highest BCUT2D eigenvalue weighted by atomic mass is 79.9. The molecule has 1 atom stereocenters. The summed E-state index contributed by atoms with van der Waals surface area (Å²) >= 11 is 13.9. The number of hydrogen-bond acceptors (Lipinski definition) is 2. The van der Waals surface area contributed by atoms with Crippen molar-refractivity contribution in [2.24, 2.45) is 5.73 Å². The van der Waals surface area contributed by atoms with Gasteiger partial charge in [-0.1, -0.05) is 27.5 Å². The van der Waals surface area contributed by atoms with Crippen LogP contribution >= 0.6 is 54.8 Å². The summed E-state index contributed by atoms with van der Waals surface area (Å²) in [5.41, 5.74) is 6.49. The van der Waals surface area contributed by atoms with Gasteiger partial charge in [0.1, 0.15) is 10.2 Å². The van der Waals surface area contributed by atoms with Crippen LogP contribution in [0.5, 0.6) is 0 Å². The normalized spacial score (nSPS) is 12.8. The van der Waals surface area contributed by atoms with E-state index < -0.39 is 6.04 Å². The van der Waals surface area contributed by atoms with Gasteiger partial charge in [-0.05, 0) is 40.2 Å². The number of nitrogens with two attached hydrogens (primary N) is 1. The lowest BCUT2D eigenvalue weighted by Crippen LogP contribution is -2.12. The van der Waals surface area contributed by atoms with Crippen LogP contribution in [0, 0.1) is 5.82 Å². The van der Waals surface area contributed by atoms with Crippen molar-refractivity contribution in [3.63, 3.8) is 0 Å². The van der Waals surface area contributed by atoms with E-state index in [1.54, 1.807) is 12.1 Å². The predicted octanol–water partition coefficient (Wildman–Crippen LogP) is 5.11. The van der Waals surface area contributed by atoms with Gasteiger partial charge in [0, 0.05) is 19.4 Å². The maximum Gasteiger partial charge on any atom is 0.128 e. The van der Waals surface area contributed by atoms with Crippen LogP contribution < -0.4 is 5.73 Å². The first kappa shape index (κ1) is 13.5. The minimum atomic E-state index is -0.513. The van der Waals surface area contributed by atoms with Crippen LogP contribution in [0.2, 0.25) is 4.34 Å². The first-order valence-corrected chi connectivity index (χ1v) is 7.42. The number of rotatable bonds is 2. The van der Waals surface area contributed by atoms with Gasteiger partial charge in [0.2, 0.25) is 0 Å². The molecule has 0 aliphatic rings. The molecule has 1 heterocycles. The van der Waals surface area contributed by atoms with Crippen molar-refractivity contribution in [1.82, 2.24) is 0 Å². The molecule has 0 amide bonds. The van der Waals surface area contributed by atoms with Crippen LogP contribution in [-0.2, 0) is 0 Å². The molecule has 0 radical (unpaired) electrons. The molecular formula is C11H7Br2ClFNS. The summed E-state index contributed by atoms with van der Waals surface area (Å²) in [4.78, 5) is 0.818. The highest BCUT2D eigenvalue weighted by Gasteiger charge is 2.17. The van der Waals surface area contributed by atoms with Crippen molar-refractivity contribution in [3.8, 4) is 0 Å². The SMILES string of the molecule is NC(c1cc(Br)c(Cl)s1)c1cc(Br)ccc1F. The molecule has 90 valence electrons. The van der Waals surface area contributed by atoms with E-state index in [1.165, 1.54) is 17.4 Å². The first-order chi connectivity index (χ1) is 7.99. The molecule has 17 heavy (non-hydrogen) atoms. The van der Waals surface area contributed by atoms with Gasteiger partial charge in [-0.3, -0.25) is 0 Å². The summed E-state index contributed by atoms with van der Waals surface area (Å²) in [7, 11) is 0. The molecule has 0 saturated heterocycles. The Morgan fingerprint density at radius 2 is 2.00 bits per heavy atom. The zero-order valence-corrected chi connectivity index (χ0v) is 13.1. The van der Waals surface area contributed by atoms with Gasteiger partial charge in [0.05, 0.1) is 6.04 Å². The van der Waals surface area contributed by atoms with E-state index in [4.69, 9.17) is 17.3 Å². The highest BCUT2D eigenvalue weighted by Crippen LogP contribution is 2.37. The average molecular weight is 400 g/mol. The standard InChI is InChI=1S/C11H7Br2ClFNS/c12-5-1-2-8(15)6(3-5)10(16)9-4-7(13)11(14)17-9/h1-4,10H,16H2. The van der Waals surface area contributed by atoms with Gasteiger partial charge in [0.15, 0.2) is 0 Å². The van der Waals surface area contributed by atoms with Crippen molar-refractivity contribution in [1.29, 1.82) is 0 Å². The molecule has 1 unspecified atom stereocenters. The zero-order valence-electron chi connectivity index (χ0n) is 8.38. The summed E-state index contributed by atoms with van der Waals surface area (Å²) < 4.78 is 15.9. The molecule has 1 aromatic heterocycles. The Morgan fingerprint density at radius 3 is 2.59 bits per heavy atom. The maximum absolute atomic E-state index is 13.7. The molecule has 1 nitrogen and oxygen atoms in total. The van der Waals surface area contributed by atoms with Crippen LogP contribution in [0.3, 0.4) is 0 Å². The molecule has 0 saturated carbocycles. The topological polar surface area (TPSA) is 26.0 Å². The number of benzene rings is 1. The van der Waals surface area contributed by atoms with E-state index in [-0.39, 0.29) is 5.82 Å². The van der Waals surface area contributed by atoms with Crippen LogP contribution in [0.15, 0.2) is 33.2 Å². The monoisotopic (exact) mass is 397 g/mol. The van der Waals surface area contributed by atoms with Crippen molar-refractivity contribution in [2.45, 2.75) is 6.04 Å². The third-order valence-corrected chi connectivity index (χ3v) is 5.31. The molecule has 6 heteroatoms. The van der Waals surface area contributed by atoms with Crippen LogP contribution in [0.4, 0.5) is 4.39 Å². The van der Waals surface area contributed by atoms with Crippen molar-refractivity contribution in [3.05, 3.63) is 53.8 Å². The molecule has 0 spiro atoms. The van der Waals surface area contributed by atoms with Crippen molar-refractivity contribution < 1.29 is 4.39 Å². The van der Waals surface area contributed by atoms with Crippen LogP contribution in [-0.4, -0.2) is 0 Å². The minimum Gasteiger partial charge on any atom is -0.320 e. The van der Waals surface area contributed by atoms with E-state index in [9.17, 15) is 4.39 Å². The Bertz CT molecular complexity index is 539. The average Bonchev–Trinajstić information content (AvgIpc) is 2.62. The zero-order chi connectivity index (χ0) is 12.6. The minimum absolute atomic E-state index is 0.318. The molecule has 1 aromatic carbocycles. The number of thiophene rings is 1. The molecule has 2 N–H and O–H groups in total. The fraction of sp³-hybridized carbons (Fsp3) is 0.0909. The van der Waals surface area contributed by atoms with Crippen LogP contribution in [0.1, 0.15) is 16.5 Å². The summed E-state index contributed by atoms with van der Waals surface area (Å²) in [5, 5.41) is 0. The quantitative estimate of drug-likeness (QED) is 0.746.